The molecule has 0 atom stereocenters. The molecule has 0 fully saturated rings. The number of carbonyl (C=O) groups is 1. The number of amides is 1. The monoisotopic (exact) mass is 193 g/mol. The summed E-state index contributed by atoms with van der Waals surface area (Å²) in [6, 6.07) is 5.79. The highest BCUT2D eigenvalue weighted by molar-refractivity contribution is 5.94. The first-order valence-corrected chi connectivity index (χ1v) is 4.45. The highest BCUT2D eigenvalue weighted by atomic mass is 16.7. The summed E-state index contributed by atoms with van der Waals surface area (Å²) in [5.41, 5.74) is 2.72. The summed E-state index contributed by atoms with van der Waals surface area (Å²) in [5, 5.41) is 1.22. The van der Waals surface area contributed by atoms with E-state index in [1.807, 2.05) is 32.0 Å². The van der Waals surface area contributed by atoms with Crippen LogP contribution in [0.15, 0.2) is 18.2 Å². The zero-order valence-corrected chi connectivity index (χ0v) is 9.00. The van der Waals surface area contributed by atoms with Crippen LogP contribution in [0, 0.1) is 13.8 Å². The Balaban J connectivity index is 3.06. The topological polar surface area (TPSA) is 29.5 Å². The summed E-state index contributed by atoms with van der Waals surface area (Å²) < 4.78 is 0. The molecule has 0 aliphatic rings. The molecule has 0 aromatic heterocycles. The summed E-state index contributed by atoms with van der Waals surface area (Å²) >= 11 is 0. The first kappa shape index (κ1) is 10.7. The van der Waals surface area contributed by atoms with Crippen LogP contribution in [-0.2, 0) is 4.84 Å². The third kappa shape index (κ3) is 2.12. The number of hydroxylamine groups is 2. The van der Waals surface area contributed by atoms with Crippen molar-refractivity contribution in [3.63, 3.8) is 0 Å². The fourth-order valence-corrected chi connectivity index (χ4v) is 1.22. The van der Waals surface area contributed by atoms with Crippen molar-refractivity contribution in [3.8, 4) is 0 Å². The van der Waals surface area contributed by atoms with Gasteiger partial charge in [-0.05, 0) is 25.5 Å². The van der Waals surface area contributed by atoms with Crippen molar-refractivity contribution in [2.75, 3.05) is 14.2 Å². The van der Waals surface area contributed by atoms with Crippen molar-refractivity contribution in [1.29, 1.82) is 0 Å². The molecule has 0 unspecified atom stereocenters. The summed E-state index contributed by atoms with van der Waals surface area (Å²) in [5.74, 6) is -0.117. The van der Waals surface area contributed by atoms with Gasteiger partial charge in [-0.3, -0.25) is 9.63 Å². The van der Waals surface area contributed by atoms with Crippen LogP contribution in [0.25, 0.3) is 0 Å². The lowest BCUT2D eigenvalue weighted by Crippen LogP contribution is -2.26. The van der Waals surface area contributed by atoms with Gasteiger partial charge in [0.2, 0.25) is 0 Å². The third-order valence-electron chi connectivity index (χ3n) is 2.18. The van der Waals surface area contributed by atoms with Gasteiger partial charge in [0.15, 0.2) is 0 Å². The Morgan fingerprint density at radius 2 is 2.00 bits per heavy atom. The average molecular weight is 193 g/mol. The van der Waals surface area contributed by atoms with Crippen LogP contribution in [0.2, 0.25) is 0 Å². The fraction of sp³-hybridized carbons (Fsp3) is 0.364. The first-order chi connectivity index (χ1) is 6.56. The van der Waals surface area contributed by atoms with Crippen LogP contribution in [0.4, 0.5) is 0 Å². The van der Waals surface area contributed by atoms with E-state index in [9.17, 15) is 4.79 Å². The van der Waals surface area contributed by atoms with Gasteiger partial charge in [-0.15, -0.1) is 0 Å². The van der Waals surface area contributed by atoms with Gasteiger partial charge in [0.1, 0.15) is 0 Å². The molecular weight excluding hydrogens is 178 g/mol. The highest BCUT2D eigenvalue weighted by Crippen LogP contribution is 2.12. The number of hydrogen-bond donors (Lipinski definition) is 0. The minimum atomic E-state index is -0.117. The molecule has 0 N–H and O–H groups in total. The largest absolute Gasteiger partial charge is 0.277 e. The zero-order chi connectivity index (χ0) is 10.7. The average Bonchev–Trinajstić information content (AvgIpc) is 2.19. The van der Waals surface area contributed by atoms with E-state index in [-0.39, 0.29) is 5.91 Å². The van der Waals surface area contributed by atoms with Crippen LogP contribution in [-0.4, -0.2) is 25.1 Å². The van der Waals surface area contributed by atoms with E-state index in [0.29, 0.717) is 5.56 Å². The molecule has 0 spiro atoms. The molecule has 14 heavy (non-hydrogen) atoms. The Kier molecular flexibility index (Phi) is 3.25. The van der Waals surface area contributed by atoms with Gasteiger partial charge in [0.25, 0.3) is 5.91 Å². The number of carbonyl (C=O) groups excluding carboxylic acids is 1. The number of rotatable bonds is 2. The molecule has 76 valence electrons. The highest BCUT2D eigenvalue weighted by Gasteiger charge is 2.13. The summed E-state index contributed by atoms with van der Waals surface area (Å²) in [6.07, 6.45) is 0. The van der Waals surface area contributed by atoms with Crippen molar-refractivity contribution >= 4 is 5.91 Å². The van der Waals surface area contributed by atoms with Gasteiger partial charge in [0, 0.05) is 12.6 Å². The predicted octanol–water partition coefficient (Wildman–Crippen LogP) is 1.94. The lowest BCUT2D eigenvalue weighted by atomic mass is 10.1. The Morgan fingerprint density at radius 3 is 2.57 bits per heavy atom. The maximum atomic E-state index is 11.7. The van der Waals surface area contributed by atoms with Gasteiger partial charge in [-0.1, -0.05) is 17.7 Å². The molecule has 0 aliphatic heterocycles. The van der Waals surface area contributed by atoms with Crippen molar-refractivity contribution in [3.05, 3.63) is 34.9 Å². The molecular formula is C11H15NO2. The van der Waals surface area contributed by atoms with E-state index < -0.39 is 0 Å². The molecule has 3 heteroatoms. The Labute approximate surface area is 84.2 Å². The van der Waals surface area contributed by atoms with Gasteiger partial charge in [-0.25, -0.2) is 5.06 Å². The molecule has 0 saturated heterocycles. The number of nitrogens with zero attached hydrogens (tertiary/aromatic N) is 1. The first-order valence-electron chi connectivity index (χ1n) is 4.45. The molecule has 0 radical (unpaired) electrons. The smallest absolute Gasteiger partial charge is 0.274 e. The standard InChI is InChI=1S/C11H15NO2/c1-8-5-6-9(2)10(7-8)11(13)12(3)14-4/h5-7H,1-4H3. The van der Waals surface area contributed by atoms with Crippen molar-refractivity contribution in [2.45, 2.75) is 13.8 Å². The van der Waals surface area contributed by atoms with E-state index in [2.05, 4.69) is 0 Å². The Hall–Kier alpha value is -1.35. The second-order valence-corrected chi connectivity index (χ2v) is 3.30. The number of benzene rings is 1. The van der Waals surface area contributed by atoms with Gasteiger partial charge < -0.3 is 0 Å². The van der Waals surface area contributed by atoms with E-state index in [0.717, 1.165) is 11.1 Å². The lowest BCUT2D eigenvalue weighted by Gasteiger charge is -2.15. The van der Waals surface area contributed by atoms with E-state index in [1.54, 1.807) is 7.05 Å². The molecule has 0 bridgehead atoms. The third-order valence-corrected chi connectivity index (χ3v) is 2.18. The molecule has 1 aromatic rings. The summed E-state index contributed by atoms with van der Waals surface area (Å²) in [6.45, 7) is 3.87. The molecule has 1 amide bonds. The second kappa shape index (κ2) is 4.24. The molecule has 1 aromatic carbocycles. The molecule has 1 rings (SSSR count). The lowest BCUT2D eigenvalue weighted by molar-refractivity contribution is -0.0757. The van der Waals surface area contributed by atoms with Crippen molar-refractivity contribution in [2.24, 2.45) is 0 Å². The quantitative estimate of drug-likeness (QED) is 0.672. The summed E-state index contributed by atoms with van der Waals surface area (Å²) in [4.78, 5) is 16.6. The van der Waals surface area contributed by atoms with Crippen LogP contribution in [0.5, 0.6) is 0 Å². The van der Waals surface area contributed by atoms with Gasteiger partial charge >= 0.3 is 0 Å². The maximum absolute atomic E-state index is 11.7. The second-order valence-electron chi connectivity index (χ2n) is 3.30. The zero-order valence-electron chi connectivity index (χ0n) is 9.00. The maximum Gasteiger partial charge on any atom is 0.277 e. The van der Waals surface area contributed by atoms with Crippen LogP contribution < -0.4 is 0 Å². The minimum absolute atomic E-state index is 0.117. The van der Waals surface area contributed by atoms with Gasteiger partial charge in [-0.2, -0.15) is 0 Å². The van der Waals surface area contributed by atoms with E-state index >= 15 is 0 Å². The van der Waals surface area contributed by atoms with Gasteiger partial charge in [0.05, 0.1) is 7.11 Å². The van der Waals surface area contributed by atoms with E-state index in [1.165, 1.54) is 12.2 Å². The molecule has 3 nitrogen and oxygen atoms in total. The molecule has 0 aliphatic carbocycles. The fourth-order valence-electron chi connectivity index (χ4n) is 1.22. The Morgan fingerprint density at radius 1 is 1.36 bits per heavy atom. The molecule has 0 saturated carbocycles. The van der Waals surface area contributed by atoms with Crippen LogP contribution in [0.1, 0.15) is 21.5 Å². The normalized spacial score (nSPS) is 10.0. The SMILES string of the molecule is CON(C)C(=O)c1cc(C)ccc1C. The summed E-state index contributed by atoms with van der Waals surface area (Å²) in [7, 11) is 3.08. The minimum Gasteiger partial charge on any atom is -0.274 e. The Bertz CT molecular complexity index is 347. The van der Waals surface area contributed by atoms with Crippen LogP contribution in [0.3, 0.4) is 0 Å². The number of aryl methyl sites for hydroxylation is 2. The van der Waals surface area contributed by atoms with E-state index in [4.69, 9.17) is 4.84 Å². The number of hydrogen-bond acceptors (Lipinski definition) is 2. The molecule has 0 heterocycles. The predicted molar refractivity (Wildman–Crippen MR) is 55.0 cm³/mol. The van der Waals surface area contributed by atoms with Crippen LogP contribution >= 0.6 is 0 Å². The van der Waals surface area contributed by atoms with Crippen molar-refractivity contribution < 1.29 is 9.63 Å². The van der Waals surface area contributed by atoms with Crippen molar-refractivity contribution in [1.82, 2.24) is 5.06 Å².